The molecule has 0 spiro atoms. The van der Waals surface area contributed by atoms with Crippen LogP contribution in [-0.2, 0) is 21.1 Å². The highest BCUT2D eigenvalue weighted by atomic mass is 32.2. The first-order valence-electron chi connectivity index (χ1n) is 8.28. The summed E-state index contributed by atoms with van der Waals surface area (Å²) in [4.78, 5) is 14.5. The zero-order valence-corrected chi connectivity index (χ0v) is 14.9. The quantitative estimate of drug-likeness (QED) is 0.827. The maximum absolute atomic E-state index is 12.9. The molecule has 0 fully saturated rings. The van der Waals surface area contributed by atoms with E-state index in [1.54, 1.807) is 11.0 Å². The number of anilines is 1. The fourth-order valence-corrected chi connectivity index (χ4v) is 4.23. The van der Waals surface area contributed by atoms with Crippen molar-refractivity contribution in [2.24, 2.45) is 0 Å². The van der Waals surface area contributed by atoms with Gasteiger partial charge in [0.2, 0.25) is 5.91 Å². The molecule has 0 unspecified atom stereocenters. The Bertz CT molecular complexity index is 871. The van der Waals surface area contributed by atoms with Crippen LogP contribution in [0, 0.1) is 6.92 Å². The lowest BCUT2D eigenvalue weighted by atomic mass is 10.1. The molecule has 0 saturated carbocycles. The molecule has 0 saturated heterocycles. The second kappa shape index (κ2) is 7.23. The van der Waals surface area contributed by atoms with Crippen molar-refractivity contribution in [1.82, 2.24) is 0 Å². The summed E-state index contributed by atoms with van der Waals surface area (Å²) in [5, 5.41) is 1.21. The van der Waals surface area contributed by atoms with Crippen LogP contribution >= 0.6 is 0 Å². The van der Waals surface area contributed by atoms with Gasteiger partial charge in [-0.2, -0.15) is 0 Å². The maximum Gasteiger partial charge on any atom is 0.227 e. The smallest absolute Gasteiger partial charge is 0.227 e. The number of carbonyl (C=O) groups is 1. The number of amides is 1. The van der Waals surface area contributed by atoms with Crippen molar-refractivity contribution < 1.29 is 13.2 Å². The SMILES string of the molecule is Cc1ccc(N(C(=O)CCc2ccccc2)[C@H]2C=CS(=O)(=O)C2)cc1. The Balaban J connectivity index is 1.82. The molecule has 1 atom stereocenters. The van der Waals surface area contributed by atoms with Gasteiger partial charge in [-0.25, -0.2) is 8.42 Å². The van der Waals surface area contributed by atoms with Gasteiger partial charge >= 0.3 is 0 Å². The summed E-state index contributed by atoms with van der Waals surface area (Å²) in [5.41, 5.74) is 2.92. The zero-order chi connectivity index (χ0) is 17.9. The topological polar surface area (TPSA) is 54.5 Å². The van der Waals surface area contributed by atoms with Crippen LogP contribution < -0.4 is 4.90 Å². The molecule has 0 radical (unpaired) electrons. The standard InChI is InChI=1S/C20H21NO3S/c1-16-7-10-18(11-8-16)21(19-13-14-25(23,24)15-19)20(22)12-9-17-5-3-2-4-6-17/h2-8,10-11,13-14,19H,9,12,15H2,1H3/t19-/m0/s1. The first-order chi connectivity index (χ1) is 11.9. The third-order valence-electron chi connectivity index (χ3n) is 4.29. The highest BCUT2D eigenvalue weighted by Gasteiger charge is 2.31. The molecule has 130 valence electrons. The number of hydrogen-bond donors (Lipinski definition) is 0. The Kier molecular flexibility index (Phi) is 5.04. The summed E-state index contributed by atoms with van der Waals surface area (Å²) < 4.78 is 23.6. The van der Waals surface area contributed by atoms with E-state index in [0.29, 0.717) is 12.8 Å². The summed E-state index contributed by atoms with van der Waals surface area (Å²) in [6.45, 7) is 1.98. The largest absolute Gasteiger partial charge is 0.304 e. The van der Waals surface area contributed by atoms with Crippen molar-refractivity contribution in [3.63, 3.8) is 0 Å². The van der Waals surface area contributed by atoms with Gasteiger partial charge in [-0.05, 0) is 37.1 Å². The van der Waals surface area contributed by atoms with Crippen molar-refractivity contribution in [3.8, 4) is 0 Å². The van der Waals surface area contributed by atoms with Crippen LogP contribution in [-0.4, -0.2) is 26.1 Å². The van der Waals surface area contributed by atoms with Gasteiger partial charge in [0, 0.05) is 17.5 Å². The molecule has 1 aliphatic rings. The molecular weight excluding hydrogens is 334 g/mol. The van der Waals surface area contributed by atoms with Gasteiger partial charge in [0.1, 0.15) is 0 Å². The number of benzene rings is 2. The number of nitrogens with zero attached hydrogens (tertiary/aromatic N) is 1. The molecule has 1 heterocycles. The van der Waals surface area contributed by atoms with Gasteiger partial charge in [-0.1, -0.05) is 48.0 Å². The highest BCUT2D eigenvalue weighted by molar-refractivity contribution is 7.94. The van der Waals surface area contributed by atoms with Crippen molar-refractivity contribution in [3.05, 3.63) is 77.2 Å². The summed E-state index contributed by atoms with van der Waals surface area (Å²) in [7, 11) is -3.23. The fourth-order valence-electron chi connectivity index (χ4n) is 2.96. The van der Waals surface area contributed by atoms with Crippen LogP contribution in [0.2, 0.25) is 0 Å². The molecule has 0 bridgehead atoms. The minimum atomic E-state index is -3.23. The molecular formula is C20H21NO3S. The van der Waals surface area contributed by atoms with Gasteiger partial charge in [-0.3, -0.25) is 4.79 Å². The molecule has 0 N–H and O–H groups in total. The first kappa shape index (κ1) is 17.4. The van der Waals surface area contributed by atoms with Crippen LogP contribution in [0.1, 0.15) is 17.5 Å². The Labute approximate surface area is 148 Å². The van der Waals surface area contributed by atoms with Gasteiger partial charge in [-0.15, -0.1) is 0 Å². The first-order valence-corrected chi connectivity index (χ1v) is 10.00. The molecule has 0 aromatic heterocycles. The second-order valence-corrected chi connectivity index (χ2v) is 8.24. The third-order valence-corrected chi connectivity index (χ3v) is 5.67. The maximum atomic E-state index is 12.9. The summed E-state index contributed by atoms with van der Waals surface area (Å²) >= 11 is 0. The lowest BCUT2D eigenvalue weighted by Crippen LogP contribution is -2.41. The van der Waals surface area contributed by atoms with Gasteiger partial charge in [0.05, 0.1) is 11.8 Å². The molecule has 1 aliphatic heterocycles. The van der Waals surface area contributed by atoms with Crippen LogP contribution in [0.25, 0.3) is 0 Å². The molecule has 25 heavy (non-hydrogen) atoms. The normalized spacial score (nSPS) is 18.2. The van der Waals surface area contributed by atoms with Crippen LogP contribution in [0.3, 0.4) is 0 Å². The summed E-state index contributed by atoms with van der Waals surface area (Å²) in [6.07, 6.45) is 2.57. The molecule has 1 amide bonds. The average Bonchev–Trinajstić information content (AvgIpc) is 2.95. The Hall–Kier alpha value is -2.40. The van der Waals surface area contributed by atoms with Crippen molar-refractivity contribution in [2.45, 2.75) is 25.8 Å². The van der Waals surface area contributed by atoms with E-state index in [-0.39, 0.29) is 11.7 Å². The van der Waals surface area contributed by atoms with E-state index in [1.165, 1.54) is 5.41 Å². The van der Waals surface area contributed by atoms with E-state index in [4.69, 9.17) is 0 Å². The van der Waals surface area contributed by atoms with Gasteiger partial charge < -0.3 is 4.90 Å². The Morgan fingerprint density at radius 1 is 1.08 bits per heavy atom. The zero-order valence-electron chi connectivity index (χ0n) is 14.1. The molecule has 4 nitrogen and oxygen atoms in total. The predicted octanol–water partition coefficient (Wildman–Crippen LogP) is 3.27. The van der Waals surface area contributed by atoms with Crippen LogP contribution in [0.15, 0.2) is 66.1 Å². The number of aryl methyl sites for hydroxylation is 2. The van der Waals surface area contributed by atoms with E-state index in [1.807, 2.05) is 61.5 Å². The van der Waals surface area contributed by atoms with Gasteiger partial charge in [0.15, 0.2) is 9.84 Å². The monoisotopic (exact) mass is 355 g/mol. The lowest BCUT2D eigenvalue weighted by Gasteiger charge is -2.28. The van der Waals surface area contributed by atoms with E-state index < -0.39 is 15.9 Å². The molecule has 0 aliphatic carbocycles. The predicted molar refractivity (Wildman–Crippen MR) is 100 cm³/mol. The molecule has 2 aromatic rings. The van der Waals surface area contributed by atoms with Crippen molar-refractivity contribution in [2.75, 3.05) is 10.7 Å². The molecule has 3 rings (SSSR count). The number of rotatable bonds is 5. The number of carbonyl (C=O) groups excluding carboxylic acids is 1. The third kappa shape index (κ3) is 4.37. The van der Waals surface area contributed by atoms with Crippen molar-refractivity contribution >= 4 is 21.4 Å². The molecule has 2 aromatic carbocycles. The van der Waals surface area contributed by atoms with Crippen LogP contribution in [0.4, 0.5) is 5.69 Å². The lowest BCUT2D eigenvalue weighted by molar-refractivity contribution is -0.118. The average molecular weight is 355 g/mol. The minimum absolute atomic E-state index is 0.0576. The Morgan fingerprint density at radius 3 is 2.36 bits per heavy atom. The number of hydrogen-bond acceptors (Lipinski definition) is 3. The van der Waals surface area contributed by atoms with E-state index in [0.717, 1.165) is 16.8 Å². The fraction of sp³-hybridized carbons (Fsp3) is 0.250. The highest BCUT2D eigenvalue weighted by Crippen LogP contribution is 2.24. The minimum Gasteiger partial charge on any atom is -0.304 e. The van der Waals surface area contributed by atoms with E-state index >= 15 is 0 Å². The van der Waals surface area contributed by atoms with Crippen LogP contribution in [0.5, 0.6) is 0 Å². The molecule has 5 heteroatoms. The van der Waals surface area contributed by atoms with Gasteiger partial charge in [0.25, 0.3) is 0 Å². The van der Waals surface area contributed by atoms with Crippen molar-refractivity contribution in [1.29, 1.82) is 0 Å². The summed E-state index contributed by atoms with van der Waals surface area (Å²) in [5.74, 6) is -0.128. The van der Waals surface area contributed by atoms with E-state index in [2.05, 4.69) is 0 Å². The summed E-state index contributed by atoms with van der Waals surface area (Å²) in [6, 6.07) is 17.0. The number of sulfone groups is 1. The van der Waals surface area contributed by atoms with E-state index in [9.17, 15) is 13.2 Å². The Morgan fingerprint density at radius 2 is 1.76 bits per heavy atom. The second-order valence-electron chi connectivity index (χ2n) is 6.31.